The van der Waals surface area contributed by atoms with Crippen molar-refractivity contribution in [1.82, 2.24) is 23.9 Å². The van der Waals surface area contributed by atoms with Gasteiger partial charge in [0.05, 0.1) is 0 Å². The average Bonchev–Trinajstić information content (AvgIpc) is 2.25. The molecule has 1 unspecified atom stereocenters. The molecule has 102 valence electrons. The number of hydrogen-bond donors (Lipinski definition) is 1. The fourth-order valence-corrected chi connectivity index (χ4v) is 6.33. The van der Waals surface area contributed by atoms with E-state index in [2.05, 4.69) is 66.2 Å². The standard InChI is InChI=1S/C9H26N6P2/c1-12(2)17(13(3)4,14(5)6)11-15-9-7-8-10-16-15/h10,16H,7-9H2,1-6H3. The van der Waals surface area contributed by atoms with Gasteiger partial charge in [-0.1, -0.05) is 0 Å². The summed E-state index contributed by atoms with van der Waals surface area (Å²) in [6, 6.07) is 0. The van der Waals surface area contributed by atoms with Gasteiger partial charge in [0, 0.05) is 22.0 Å². The fraction of sp³-hybridized carbons (Fsp3) is 1.00. The van der Waals surface area contributed by atoms with E-state index < -0.39 is 7.51 Å². The maximum Gasteiger partial charge on any atom is 0.184 e. The first-order valence-corrected chi connectivity index (χ1v) is 8.37. The van der Waals surface area contributed by atoms with Crippen LogP contribution in [0.25, 0.3) is 0 Å². The van der Waals surface area contributed by atoms with Crippen molar-refractivity contribution in [2.75, 3.05) is 55.4 Å². The monoisotopic (exact) mass is 280 g/mol. The van der Waals surface area contributed by atoms with Crippen molar-refractivity contribution in [3.63, 3.8) is 0 Å². The van der Waals surface area contributed by atoms with Crippen LogP contribution in [0.2, 0.25) is 0 Å². The molecule has 17 heavy (non-hydrogen) atoms. The molecule has 0 aromatic heterocycles. The third-order valence-corrected chi connectivity index (χ3v) is 7.55. The third kappa shape index (κ3) is 3.48. The lowest BCUT2D eigenvalue weighted by atomic mass is 10.4. The number of nitrogens with one attached hydrogen (secondary N) is 1. The van der Waals surface area contributed by atoms with Crippen LogP contribution in [-0.2, 0) is 0 Å². The van der Waals surface area contributed by atoms with Crippen LogP contribution >= 0.6 is 16.4 Å². The molecule has 0 radical (unpaired) electrons. The highest BCUT2D eigenvalue weighted by Gasteiger charge is 2.30. The van der Waals surface area contributed by atoms with Gasteiger partial charge < -0.3 is 0 Å². The van der Waals surface area contributed by atoms with Crippen molar-refractivity contribution in [3.8, 4) is 0 Å². The molecule has 0 saturated carbocycles. The topological polar surface area (TPSA) is 37.4 Å². The van der Waals surface area contributed by atoms with E-state index in [-0.39, 0.29) is 0 Å². The summed E-state index contributed by atoms with van der Waals surface area (Å²) in [5.74, 6) is 0. The van der Waals surface area contributed by atoms with Crippen molar-refractivity contribution in [3.05, 3.63) is 0 Å². The molecule has 1 aliphatic heterocycles. The molecule has 1 fully saturated rings. The molecular weight excluding hydrogens is 254 g/mol. The van der Waals surface area contributed by atoms with Crippen molar-refractivity contribution in [1.29, 1.82) is 0 Å². The summed E-state index contributed by atoms with van der Waals surface area (Å²) >= 11 is 0. The SMILES string of the molecule is CN(C)P(=NN1CCCNP1)(N(C)C)N(C)C. The van der Waals surface area contributed by atoms with Gasteiger partial charge in [-0.05, 0) is 48.7 Å². The van der Waals surface area contributed by atoms with Gasteiger partial charge in [-0.3, -0.25) is 19.1 Å². The Labute approximate surface area is 107 Å². The molecule has 1 saturated heterocycles. The highest BCUT2D eigenvalue weighted by Crippen LogP contribution is 2.56. The van der Waals surface area contributed by atoms with E-state index in [1.165, 1.54) is 6.42 Å². The van der Waals surface area contributed by atoms with Gasteiger partial charge in [0.2, 0.25) is 0 Å². The van der Waals surface area contributed by atoms with E-state index in [4.69, 9.17) is 4.85 Å². The first-order valence-electron chi connectivity index (χ1n) is 5.83. The minimum Gasteiger partial charge on any atom is -0.285 e. The summed E-state index contributed by atoms with van der Waals surface area (Å²) < 4.78 is 8.92. The van der Waals surface area contributed by atoms with Crippen LogP contribution in [0.3, 0.4) is 0 Å². The summed E-state index contributed by atoms with van der Waals surface area (Å²) in [6.07, 6.45) is 1.17. The summed E-state index contributed by atoms with van der Waals surface area (Å²) in [5, 5.41) is 3.40. The smallest absolute Gasteiger partial charge is 0.184 e. The maximum atomic E-state index is 5.04. The molecule has 0 spiro atoms. The van der Waals surface area contributed by atoms with E-state index in [9.17, 15) is 0 Å². The zero-order valence-electron chi connectivity index (χ0n) is 11.8. The maximum absolute atomic E-state index is 5.04. The van der Waals surface area contributed by atoms with Crippen LogP contribution in [0.4, 0.5) is 0 Å². The second-order valence-corrected chi connectivity index (χ2v) is 9.43. The lowest BCUT2D eigenvalue weighted by Gasteiger charge is -2.42. The summed E-state index contributed by atoms with van der Waals surface area (Å²) in [7, 11) is 11.5. The molecule has 1 aliphatic rings. The highest BCUT2D eigenvalue weighted by atomic mass is 31.2. The summed E-state index contributed by atoms with van der Waals surface area (Å²) in [4.78, 5) is 5.04. The Kier molecular flexibility index (Phi) is 6.00. The molecule has 0 aromatic rings. The predicted octanol–water partition coefficient (Wildman–Crippen LogP) is 1.34. The molecule has 1 atom stereocenters. The predicted molar refractivity (Wildman–Crippen MR) is 78.0 cm³/mol. The molecule has 0 aliphatic carbocycles. The molecule has 1 heterocycles. The fourth-order valence-electron chi connectivity index (χ4n) is 2.05. The minimum atomic E-state index is -1.76. The molecule has 0 aromatic carbocycles. The second kappa shape index (κ2) is 6.58. The van der Waals surface area contributed by atoms with Crippen LogP contribution in [-0.4, -0.2) is 74.2 Å². The normalized spacial score (nSPS) is 20.8. The lowest BCUT2D eigenvalue weighted by molar-refractivity contribution is 0.411. The number of hydrogen-bond acceptors (Lipinski definition) is 2. The van der Waals surface area contributed by atoms with Gasteiger partial charge in [0.1, 0.15) is 0 Å². The van der Waals surface area contributed by atoms with E-state index in [1.807, 2.05) is 0 Å². The molecule has 8 heteroatoms. The second-order valence-electron chi connectivity index (χ2n) is 4.68. The van der Waals surface area contributed by atoms with Crippen molar-refractivity contribution in [2.45, 2.75) is 6.42 Å². The van der Waals surface area contributed by atoms with Crippen molar-refractivity contribution < 1.29 is 0 Å². The molecule has 0 amide bonds. The Hall–Kier alpha value is 0.460. The first kappa shape index (κ1) is 15.5. The molecule has 1 rings (SSSR count). The van der Waals surface area contributed by atoms with Crippen molar-refractivity contribution in [2.24, 2.45) is 4.85 Å². The van der Waals surface area contributed by atoms with Crippen LogP contribution < -0.4 is 5.09 Å². The van der Waals surface area contributed by atoms with Crippen LogP contribution in [0.1, 0.15) is 6.42 Å². The Morgan fingerprint density at radius 3 is 1.94 bits per heavy atom. The lowest BCUT2D eigenvalue weighted by Crippen LogP contribution is -2.33. The van der Waals surface area contributed by atoms with Gasteiger partial charge in [-0.25, -0.2) is 0 Å². The minimum absolute atomic E-state index is 0.609. The number of nitrogens with zero attached hydrogens (tertiary/aromatic N) is 5. The molecule has 1 N–H and O–H groups in total. The Balaban J connectivity index is 3.06. The molecular formula is C9H26N6P2. The Morgan fingerprint density at radius 1 is 1.06 bits per heavy atom. The van der Waals surface area contributed by atoms with E-state index >= 15 is 0 Å². The van der Waals surface area contributed by atoms with Crippen LogP contribution in [0.15, 0.2) is 4.85 Å². The van der Waals surface area contributed by atoms with Gasteiger partial charge in [-0.2, -0.15) is 9.63 Å². The first-order chi connectivity index (χ1) is 7.91. The number of rotatable bonds is 4. The van der Waals surface area contributed by atoms with Crippen molar-refractivity contribution >= 4 is 16.4 Å². The Bertz CT molecular complexity index is 257. The van der Waals surface area contributed by atoms with Gasteiger partial charge in [0.25, 0.3) is 0 Å². The van der Waals surface area contributed by atoms with Gasteiger partial charge >= 0.3 is 0 Å². The summed E-state index contributed by atoms with van der Waals surface area (Å²) in [6.45, 7) is 2.17. The quantitative estimate of drug-likeness (QED) is 0.787. The zero-order chi connectivity index (χ0) is 13.1. The van der Waals surface area contributed by atoms with Gasteiger partial charge in [0.15, 0.2) is 7.51 Å². The van der Waals surface area contributed by atoms with E-state index in [0.29, 0.717) is 8.88 Å². The van der Waals surface area contributed by atoms with Crippen LogP contribution in [0.5, 0.6) is 0 Å². The highest BCUT2D eigenvalue weighted by molar-refractivity contribution is 7.59. The largest absolute Gasteiger partial charge is 0.285 e. The Morgan fingerprint density at radius 2 is 1.59 bits per heavy atom. The third-order valence-electron chi connectivity index (χ3n) is 2.72. The molecule has 6 nitrogen and oxygen atoms in total. The zero-order valence-corrected chi connectivity index (χ0v) is 13.7. The summed E-state index contributed by atoms with van der Waals surface area (Å²) in [5.41, 5.74) is 0. The van der Waals surface area contributed by atoms with E-state index in [0.717, 1.165) is 13.1 Å². The molecule has 0 bridgehead atoms. The average molecular weight is 280 g/mol. The van der Waals surface area contributed by atoms with E-state index in [1.54, 1.807) is 0 Å². The van der Waals surface area contributed by atoms with Gasteiger partial charge in [-0.15, -0.1) is 0 Å². The van der Waals surface area contributed by atoms with Crippen LogP contribution in [0, 0.1) is 0 Å².